The maximum absolute atomic E-state index is 13.1. The second-order valence-electron chi connectivity index (χ2n) is 7.92. The number of anilines is 2. The van der Waals surface area contributed by atoms with E-state index in [2.05, 4.69) is 14.9 Å². The van der Waals surface area contributed by atoms with Crippen molar-refractivity contribution in [2.45, 2.75) is 62.2 Å². The maximum atomic E-state index is 13.1. The zero-order valence-electron chi connectivity index (χ0n) is 18.8. The minimum Gasteiger partial charge on any atom is -0.480 e. The molecular formula is C22H32ClN5O2S. The number of halogens is 1. The van der Waals surface area contributed by atoms with E-state index < -0.39 is 0 Å². The van der Waals surface area contributed by atoms with E-state index in [4.69, 9.17) is 22.1 Å². The Bertz CT molecular complexity index is 965. The highest BCUT2D eigenvalue weighted by Crippen LogP contribution is 2.46. The van der Waals surface area contributed by atoms with E-state index in [9.17, 15) is 4.79 Å². The second kappa shape index (κ2) is 10.1. The van der Waals surface area contributed by atoms with Crippen LogP contribution in [0.5, 0.6) is 5.88 Å². The van der Waals surface area contributed by atoms with Crippen molar-refractivity contribution in [1.82, 2.24) is 14.5 Å². The fourth-order valence-corrected chi connectivity index (χ4v) is 5.71. The van der Waals surface area contributed by atoms with E-state index in [1.807, 2.05) is 13.8 Å². The van der Waals surface area contributed by atoms with Gasteiger partial charge >= 0.3 is 0 Å². The molecule has 31 heavy (non-hydrogen) atoms. The Hall–Kier alpha value is -1.93. The Morgan fingerprint density at radius 1 is 1.19 bits per heavy atom. The standard InChI is InChI=1S/C20H26ClN5O2S.C2H6/c1-25-18(27)15(29-13-5-10-23-17(28-2)14(13)21)16(22)24-19(25)26-11-8-20(9-12-26)6-3-4-7-20;1-2/h5,10H,3-4,6-9,11-12,22H2,1-2H3;1-2H3. The maximum Gasteiger partial charge on any atom is 0.270 e. The monoisotopic (exact) mass is 465 g/mol. The zero-order valence-corrected chi connectivity index (χ0v) is 20.4. The summed E-state index contributed by atoms with van der Waals surface area (Å²) in [6, 6.07) is 1.73. The molecule has 1 saturated carbocycles. The van der Waals surface area contributed by atoms with Crippen LogP contribution in [-0.4, -0.2) is 34.7 Å². The quantitative estimate of drug-likeness (QED) is 0.696. The molecule has 0 amide bonds. The summed E-state index contributed by atoms with van der Waals surface area (Å²) in [4.78, 5) is 24.9. The lowest BCUT2D eigenvalue weighted by Crippen LogP contribution is -2.42. The molecule has 2 fully saturated rings. The summed E-state index contributed by atoms with van der Waals surface area (Å²) in [6.45, 7) is 5.83. The Labute approximate surface area is 193 Å². The molecule has 2 aromatic heterocycles. The molecule has 0 unspecified atom stereocenters. The van der Waals surface area contributed by atoms with Gasteiger partial charge in [-0.15, -0.1) is 0 Å². The number of nitrogens with zero attached hydrogens (tertiary/aromatic N) is 4. The SMILES string of the molecule is CC.COc1nccc(Sc2c(N)nc(N3CCC4(CCCC4)CC3)n(C)c2=O)c1Cl. The molecule has 0 aromatic carbocycles. The van der Waals surface area contributed by atoms with Gasteiger partial charge in [-0.1, -0.05) is 50.1 Å². The summed E-state index contributed by atoms with van der Waals surface area (Å²) >= 11 is 7.52. The van der Waals surface area contributed by atoms with Gasteiger partial charge in [0.15, 0.2) is 0 Å². The summed E-state index contributed by atoms with van der Waals surface area (Å²) in [5.41, 5.74) is 6.55. The third-order valence-corrected chi connectivity index (χ3v) is 7.88. The third-order valence-electron chi connectivity index (χ3n) is 6.25. The predicted octanol–water partition coefficient (Wildman–Crippen LogP) is 4.76. The van der Waals surface area contributed by atoms with E-state index in [1.54, 1.807) is 23.9 Å². The lowest BCUT2D eigenvalue weighted by Gasteiger charge is -2.40. The molecule has 2 N–H and O–H groups in total. The summed E-state index contributed by atoms with van der Waals surface area (Å²) in [5, 5.41) is 0.350. The van der Waals surface area contributed by atoms with Crippen molar-refractivity contribution < 1.29 is 4.74 Å². The van der Waals surface area contributed by atoms with Gasteiger partial charge in [0.1, 0.15) is 15.7 Å². The van der Waals surface area contributed by atoms with Gasteiger partial charge < -0.3 is 15.4 Å². The molecule has 4 rings (SSSR count). The van der Waals surface area contributed by atoms with E-state index in [0.29, 0.717) is 32.1 Å². The number of hydrogen-bond donors (Lipinski definition) is 1. The smallest absolute Gasteiger partial charge is 0.270 e. The Balaban J connectivity index is 0.00000132. The molecule has 2 aromatic rings. The fourth-order valence-electron chi connectivity index (χ4n) is 4.51. The molecule has 3 heterocycles. The van der Waals surface area contributed by atoms with Gasteiger partial charge in [0, 0.05) is 31.2 Å². The van der Waals surface area contributed by atoms with Crippen LogP contribution in [0.4, 0.5) is 11.8 Å². The summed E-state index contributed by atoms with van der Waals surface area (Å²) in [7, 11) is 3.25. The molecule has 9 heteroatoms. The molecule has 1 aliphatic heterocycles. The van der Waals surface area contributed by atoms with Crippen LogP contribution in [0.1, 0.15) is 52.4 Å². The van der Waals surface area contributed by atoms with Crippen LogP contribution < -0.4 is 20.9 Å². The molecule has 7 nitrogen and oxygen atoms in total. The molecule has 1 saturated heterocycles. The Kier molecular flexibility index (Phi) is 7.75. The van der Waals surface area contributed by atoms with Crippen LogP contribution in [0.3, 0.4) is 0 Å². The van der Waals surface area contributed by atoms with Crippen molar-refractivity contribution in [3.63, 3.8) is 0 Å². The van der Waals surface area contributed by atoms with Gasteiger partial charge in [-0.05, 0) is 37.2 Å². The minimum atomic E-state index is -0.175. The van der Waals surface area contributed by atoms with Crippen LogP contribution in [0.15, 0.2) is 26.8 Å². The van der Waals surface area contributed by atoms with Gasteiger partial charge in [0.25, 0.3) is 5.56 Å². The van der Waals surface area contributed by atoms with E-state index >= 15 is 0 Å². The van der Waals surface area contributed by atoms with E-state index in [1.165, 1.54) is 44.6 Å². The van der Waals surface area contributed by atoms with Crippen LogP contribution in [0.25, 0.3) is 0 Å². The topological polar surface area (TPSA) is 86.3 Å². The van der Waals surface area contributed by atoms with E-state index in [0.717, 1.165) is 25.9 Å². The number of piperidine rings is 1. The molecule has 0 atom stereocenters. The van der Waals surface area contributed by atoms with Gasteiger partial charge in [-0.2, -0.15) is 4.98 Å². The highest BCUT2D eigenvalue weighted by atomic mass is 35.5. The Morgan fingerprint density at radius 2 is 1.84 bits per heavy atom. The third kappa shape index (κ3) is 4.80. The zero-order chi connectivity index (χ0) is 22.6. The number of nitrogens with two attached hydrogens (primary N) is 1. The van der Waals surface area contributed by atoms with Crippen molar-refractivity contribution in [3.8, 4) is 5.88 Å². The molecule has 0 radical (unpaired) electrons. The van der Waals surface area contributed by atoms with Crippen LogP contribution >= 0.6 is 23.4 Å². The fraction of sp³-hybridized carbons (Fsp3) is 0.591. The number of rotatable bonds is 4. The molecule has 1 aliphatic carbocycles. The first kappa shape index (κ1) is 23.7. The number of methoxy groups -OCH3 is 1. The van der Waals surface area contributed by atoms with Crippen LogP contribution in [-0.2, 0) is 7.05 Å². The number of aromatic nitrogens is 3. The molecular weight excluding hydrogens is 434 g/mol. The average molecular weight is 466 g/mol. The number of pyridine rings is 1. The normalized spacial score (nSPS) is 17.4. The lowest BCUT2D eigenvalue weighted by molar-refractivity contribution is 0.225. The van der Waals surface area contributed by atoms with Crippen molar-refractivity contribution in [1.29, 1.82) is 0 Å². The first-order valence-corrected chi connectivity index (χ1v) is 12.1. The summed E-state index contributed by atoms with van der Waals surface area (Å²) in [6.07, 6.45) is 9.26. The first-order chi connectivity index (χ1) is 14.9. The average Bonchev–Trinajstić information content (AvgIpc) is 3.25. The molecule has 1 spiro atoms. The van der Waals surface area contributed by atoms with Crippen molar-refractivity contribution in [2.24, 2.45) is 12.5 Å². The van der Waals surface area contributed by atoms with Crippen LogP contribution in [0.2, 0.25) is 5.02 Å². The highest BCUT2D eigenvalue weighted by Gasteiger charge is 2.37. The predicted molar refractivity (Wildman–Crippen MR) is 128 cm³/mol. The van der Waals surface area contributed by atoms with Gasteiger partial charge in [-0.3, -0.25) is 9.36 Å². The summed E-state index contributed by atoms with van der Waals surface area (Å²) in [5.74, 6) is 1.18. The van der Waals surface area contributed by atoms with Crippen molar-refractivity contribution in [3.05, 3.63) is 27.6 Å². The second-order valence-corrected chi connectivity index (χ2v) is 9.35. The largest absolute Gasteiger partial charge is 0.480 e. The van der Waals surface area contributed by atoms with Crippen molar-refractivity contribution in [2.75, 3.05) is 30.8 Å². The molecule has 2 aliphatic rings. The molecule has 170 valence electrons. The van der Waals surface area contributed by atoms with Crippen molar-refractivity contribution >= 4 is 35.1 Å². The van der Waals surface area contributed by atoms with Gasteiger partial charge in [0.2, 0.25) is 11.8 Å². The Morgan fingerprint density at radius 3 is 2.45 bits per heavy atom. The minimum absolute atomic E-state index is 0.175. The van der Waals surface area contributed by atoms with Crippen LogP contribution in [0, 0.1) is 5.41 Å². The molecule has 0 bridgehead atoms. The van der Waals surface area contributed by atoms with Gasteiger partial charge in [0.05, 0.1) is 7.11 Å². The van der Waals surface area contributed by atoms with E-state index in [-0.39, 0.29) is 11.4 Å². The number of nitrogen functional groups attached to an aromatic ring is 1. The number of ether oxygens (including phenoxy) is 1. The summed E-state index contributed by atoms with van der Waals surface area (Å²) < 4.78 is 6.75. The first-order valence-electron chi connectivity index (χ1n) is 10.9. The number of hydrogen-bond acceptors (Lipinski definition) is 7. The lowest BCUT2D eigenvalue weighted by atomic mass is 9.77. The highest BCUT2D eigenvalue weighted by molar-refractivity contribution is 7.99. The van der Waals surface area contributed by atoms with Gasteiger partial charge in [-0.25, -0.2) is 4.98 Å².